The van der Waals surface area contributed by atoms with Crippen LogP contribution in [0.4, 0.5) is 11.6 Å². The van der Waals surface area contributed by atoms with Crippen LogP contribution < -0.4 is 19.3 Å². The van der Waals surface area contributed by atoms with E-state index in [1.54, 1.807) is 20.4 Å². The molecule has 2 aliphatic rings. The van der Waals surface area contributed by atoms with Gasteiger partial charge in [0.15, 0.2) is 5.78 Å². The van der Waals surface area contributed by atoms with Crippen molar-refractivity contribution < 1.29 is 14.3 Å². The summed E-state index contributed by atoms with van der Waals surface area (Å²) < 4.78 is 10.9. The van der Waals surface area contributed by atoms with Crippen molar-refractivity contribution in [1.29, 1.82) is 0 Å². The number of rotatable bonds is 5. The highest BCUT2D eigenvalue weighted by Gasteiger charge is 2.31. The number of hydrogen-bond donors (Lipinski definition) is 0. The number of ketones is 1. The molecule has 1 fully saturated rings. The van der Waals surface area contributed by atoms with Crippen molar-refractivity contribution in [3.63, 3.8) is 0 Å². The first-order valence-electron chi connectivity index (χ1n) is 11.3. The number of carbonyl (C=O) groups excluding carboxylic acids is 1. The fraction of sp³-hybridized carbons (Fsp3) is 0.346. The second-order valence-corrected chi connectivity index (χ2v) is 8.48. The fourth-order valence-corrected chi connectivity index (χ4v) is 4.77. The summed E-state index contributed by atoms with van der Waals surface area (Å²) in [4.78, 5) is 26.9. The van der Waals surface area contributed by atoms with Crippen molar-refractivity contribution in [3.05, 3.63) is 71.5 Å². The number of hydrogen-bond acceptors (Lipinski definition) is 7. The summed E-state index contributed by atoms with van der Waals surface area (Å²) in [5.74, 6) is 2.28. The minimum atomic E-state index is 0.0172. The van der Waals surface area contributed by atoms with Crippen LogP contribution in [0.1, 0.15) is 34.0 Å². The monoisotopic (exact) mass is 444 g/mol. The summed E-state index contributed by atoms with van der Waals surface area (Å²) in [6.45, 7) is 3.51. The molecule has 0 unspecified atom stereocenters. The van der Waals surface area contributed by atoms with Gasteiger partial charge in [0.2, 0.25) is 5.95 Å². The average Bonchev–Trinajstić information content (AvgIpc) is 2.88. The van der Waals surface area contributed by atoms with Crippen molar-refractivity contribution in [1.82, 2.24) is 9.97 Å². The van der Waals surface area contributed by atoms with E-state index >= 15 is 0 Å². The molecule has 7 nitrogen and oxygen atoms in total. The van der Waals surface area contributed by atoms with E-state index in [2.05, 4.69) is 39.0 Å². The number of aromatic nitrogens is 2. The van der Waals surface area contributed by atoms with Gasteiger partial charge >= 0.3 is 0 Å². The Morgan fingerprint density at radius 1 is 0.909 bits per heavy atom. The SMILES string of the molecule is COc1ccc([C@@H]2CC(=O)c3cnc(N4CCN(c5ccccc5)CC4)nc3C2)c(OC)c1. The summed E-state index contributed by atoms with van der Waals surface area (Å²) in [7, 11) is 3.28. The zero-order chi connectivity index (χ0) is 22.8. The average molecular weight is 445 g/mol. The largest absolute Gasteiger partial charge is 0.497 e. The Labute approximate surface area is 194 Å². The van der Waals surface area contributed by atoms with Gasteiger partial charge in [0.1, 0.15) is 11.5 Å². The van der Waals surface area contributed by atoms with Gasteiger partial charge in [-0.1, -0.05) is 24.3 Å². The third kappa shape index (κ3) is 4.23. The van der Waals surface area contributed by atoms with Crippen molar-refractivity contribution in [2.45, 2.75) is 18.8 Å². The molecule has 1 aliphatic heterocycles. The number of ether oxygens (including phenoxy) is 2. The lowest BCUT2D eigenvalue weighted by Crippen LogP contribution is -2.47. The molecule has 2 heterocycles. The molecule has 0 amide bonds. The molecule has 33 heavy (non-hydrogen) atoms. The van der Waals surface area contributed by atoms with Crippen LogP contribution in [0.2, 0.25) is 0 Å². The van der Waals surface area contributed by atoms with Crippen LogP contribution in [0.15, 0.2) is 54.7 Å². The highest BCUT2D eigenvalue weighted by Crippen LogP contribution is 2.38. The van der Waals surface area contributed by atoms with Crippen LogP contribution in [-0.2, 0) is 6.42 Å². The molecule has 1 saturated heterocycles. The van der Waals surface area contributed by atoms with Crippen LogP contribution >= 0.6 is 0 Å². The van der Waals surface area contributed by atoms with E-state index in [1.165, 1.54) is 5.69 Å². The second kappa shape index (κ2) is 9.10. The highest BCUT2D eigenvalue weighted by atomic mass is 16.5. The van der Waals surface area contributed by atoms with E-state index in [-0.39, 0.29) is 11.7 Å². The van der Waals surface area contributed by atoms with Crippen LogP contribution in [0.25, 0.3) is 0 Å². The minimum Gasteiger partial charge on any atom is -0.497 e. The lowest BCUT2D eigenvalue weighted by atomic mass is 9.82. The van der Waals surface area contributed by atoms with Crippen molar-refractivity contribution in [3.8, 4) is 11.5 Å². The summed E-state index contributed by atoms with van der Waals surface area (Å²) in [6, 6.07) is 16.2. The van der Waals surface area contributed by atoms with E-state index in [0.717, 1.165) is 48.9 Å². The van der Waals surface area contributed by atoms with E-state index in [1.807, 2.05) is 24.3 Å². The molecule has 2 aromatic carbocycles. The first kappa shape index (κ1) is 21.2. The number of Topliss-reactive ketones (excluding diaryl/α,β-unsaturated/α-hetero) is 1. The van der Waals surface area contributed by atoms with Crippen LogP contribution in [0.5, 0.6) is 11.5 Å². The number of fused-ring (bicyclic) bond motifs is 1. The topological polar surface area (TPSA) is 67.8 Å². The van der Waals surface area contributed by atoms with Crippen molar-refractivity contribution >= 4 is 17.4 Å². The molecule has 5 rings (SSSR count). The van der Waals surface area contributed by atoms with Gasteiger partial charge in [-0.05, 0) is 30.2 Å². The van der Waals surface area contributed by atoms with Crippen LogP contribution in [0.3, 0.4) is 0 Å². The number of benzene rings is 2. The van der Waals surface area contributed by atoms with E-state index in [0.29, 0.717) is 24.4 Å². The molecule has 170 valence electrons. The number of para-hydroxylation sites is 1. The van der Waals surface area contributed by atoms with E-state index < -0.39 is 0 Å². The lowest BCUT2D eigenvalue weighted by Gasteiger charge is -2.36. The van der Waals surface area contributed by atoms with Gasteiger partial charge in [0.05, 0.1) is 25.5 Å². The smallest absolute Gasteiger partial charge is 0.225 e. The Kier molecular flexibility index (Phi) is 5.86. The number of piperazine rings is 1. The van der Waals surface area contributed by atoms with Gasteiger partial charge < -0.3 is 19.3 Å². The van der Waals surface area contributed by atoms with Crippen molar-refractivity contribution in [2.75, 3.05) is 50.2 Å². The molecule has 0 radical (unpaired) electrons. The predicted molar refractivity (Wildman–Crippen MR) is 128 cm³/mol. The lowest BCUT2D eigenvalue weighted by molar-refractivity contribution is 0.0962. The van der Waals surface area contributed by atoms with Gasteiger partial charge in [-0.15, -0.1) is 0 Å². The number of carbonyl (C=O) groups is 1. The Morgan fingerprint density at radius 2 is 1.67 bits per heavy atom. The van der Waals surface area contributed by atoms with Gasteiger partial charge in [-0.2, -0.15) is 0 Å². The third-order valence-electron chi connectivity index (χ3n) is 6.59. The fourth-order valence-electron chi connectivity index (χ4n) is 4.77. The van der Waals surface area contributed by atoms with Gasteiger partial charge in [0, 0.05) is 56.5 Å². The quantitative estimate of drug-likeness (QED) is 0.594. The molecule has 0 bridgehead atoms. The van der Waals surface area contributed by atoms with Gasteiger partial charge in [0.25, 0.3) is 0 Å². The van der Waals surface area contributed by atoms with Crippen LogP contribution in [0, 0.1) is 0 Å². The Morgan fingerprint density at radius 3 is 2.39 bits per heavy atom. The van der Waals surface area contributed by atoms with E-state index in [4.69, 9.17) is 14.5 Å². The van der Waals surface area contributed by atoms with Gasteiger partial charge in [-0.25, -0.2) is 9.97 Å². The molecule has 0 N–H and O–H groups in total. The molecule has 1 aromatic heterocycles. The summed E-state index contributed by atoms with van der Waals surface area (Å²) in [5.41, 5.74) is 3.72. The Hall–Kier alpha value is -3.61. The highest BCUT2D eigenvalue weighted by molar-refractivity contribution is 5.98. The summed E-state index contributed by atoms with van der Waals surface area (Å²) in [6.07, 6.45) is 2.82. The normalized spacial score (nSPS) is 18.1. The maximum atomic E-state index is 12.9. The molecule has 0 saturated carbocycles. The molecule has 0 spiro atoms. The van der Waals surface area contributed by atoms with E-state index in [9.17, 15) is 4.79 Å². The molecule has 1 aliphatic carbocycles. The Bertz CT molecular complexity index is 1140. The maximum absolute atomic E-state index is 12.9. The second-order valence-electron chi connectivity index (χ2n) is 8.48. The number of nitrogens with zero attached hydrogens (tertiary/aromatic N) is 4. The summed E-state index contributed by atoms with van der Waals surface area (Å²) in [5, 5.41) is 0. The zero-order valence-corrected chi connectivity index (χ0v) is 19.0. The van der Waals surface area contributed by atoms with Gasteiger partial charge in [-0.3, -0.25) is 4.79 Å². The minimum absolute atomic E-state index is 0.0172. The van der Waals surface area contributed by atoms with Crippen molar-refractivity contribution in [2.24, 2.45) is 0 Å². The molecule has 1 atom stereocenters. The maximum Gasteiger partial charge on any atom is 0.225 e. The Balaban J connectivity index is 1.34. The number of methoxy groups -OCH3 is 2. The molecule has 3 aromatic rings. The molecular formula is C26H28N4O3. The number of anilines is 2. The standard InChI is InChI=1S/C26H28N4O3/c1-32-20-8-9-21(25(16-20)33-2)18-14-23-22(24(31)15-18)17-27-26(28-23)30-12-10-29(11-13-30)19-6-4-3-5-7-19/h3-9,16-18H,10-15H2,1-2H3/t18-/m0/s1. The summed E-state index contributed by atoms with van der Waals surface area (Å²) >= 11 is 0. The first-order chi connectivity index (χ1) is 16.2. The molecular weight excluding hydrogens is 416 g/mol. The molecule has 7 heteroatoms. The first-order valence-corrected chi connectivity index (χ1v) is 11.3. The zero-order valence-electron chi connectivity index (χ0n) is 19.0. The third-order valence-corrected chi connectivity index (χ3v) is 6.59. The predicted octanol–water partition coefficient (Wildman–Crippen LogP) is 3.73. The van der Waals surface area contributed by atoms with Crippen LogP contribution in [-0.4, -0.2) is 56.1 Å².